The predicted octanol–water partition coefficient (Wildman–Crippen LogP) is 1.61. The summed E-state index contributed by atoms with van der Waals surface area (Å²) in [5, 5.41) is 9.30. The van der Waals surface area contributed by atoms with Gasteiger partial charge in [0, 0.05) is 39.1 Å². The summed E-state index contributed by atoms with van der Waals surface area (Å²) in [6, 6.07) is 13.9. The molecule has 0 aliphatic rings. The lowest BCUT2D eigenvalue weighted by Crippen LogP contribution is -2.41. The Kier molecular flexibility index (Phi) is 7.97. The first-order valence-corrected chi connectivity index (χ1v) is 8.46. The van der Waals surface area contributed by atoms with Crippen molar-refractivity contribution in [3.05, 3.63) is 66.0 Å². The molecule has 0 unspecified atom stereocenters. The first-order valence-electron chi connectivity index (χ1n) is 8.46. The number of pyridine rings is 1. The number of nitrogens with one attached hydrogen (secondary N) is 3. The van der Waals surface area contributed by atoms with E-state index in [-0.39, 0.29) is 5.91 Å². The summed E-state index contributed by atoms with van der Waals surface area (Å²) in [7, 11) is 1.74. The fourth-order valence-electron chi connectivity index (χ4n) is 2.32. The largest absolute Gasteiger partial charge is 0.356 e. The van der Waals surface area contributed by atoms with E-state index in [2.05, 4.69) is 50.2 Å². The second-order valence-corrected chi connectivity index (χ2v) is 5.51. The molecular weight excluding hydrogens is 314 g/mol. The van der Waals surface area contributed by atoms with Crippen LogP contribution < -0.4 is 16.0 Å². The number of hydrogen-bond donors (Lipinski definition) is 3. The summed E-state index contributed by atoms with van der Waals surface area (Å²) in [6.45, 7) is 1.96. The van der Waals surface area contributed by atoms with Gasteiger partial charge >= 0.3 is 0 Å². The fourth-order valence-corrected chi connectivity index (χ4v) is 2.32. The lowest BCUT2D eigenvalue weighted by molar-refractivity contribution is 0.0954. The highest BCUT2D eigenvalue weighted by Crippen LogP contribution is 2.01. The van der Waals surface area contributed by atoms with Crippen molar-refractivity contribution in [2.24, 2.45) is 4.99 Å². The minimum absolute atomic E-state index is 0.124. The van der Waals surface area contributed by atoms with Crippen molar-refractivity contribution in [1.82, 2.24) is 20.9 Å². The van der Waals surface area contributed by atoms with Crippen LogP contribution in [0.2, 0.25) is 0 Å². The fraction of sp³-hybridized carbons (Fsp3) is 0.316. The number of carbonyl (C=O) groups excluding carboxylic acids is 1. The number of guanidine groups is 1. The Morgan fingerprint density at radius 3 is 2.48 bits per heavy atom. The summed E-state index contributed by atoms with van der Waals surface area (Å²) in [4.78, 5) is 20.0. The van der Waals surface area contributed by atoms with Gasteiger partial charge in [0.1, 0.15) is 0 Å². The number of aromatic nitrogens is 1. The molecule has 0 aliphatic carbocycles. The minimum atomic E-state index is -0.124. The Morgan fingerprint density at radius 1 is 1.00 bits per heavy atom. The number of aryl methyl sites for hydroxylation is 1. The van der Waals surface area contributed by atoms with Gasteiger partial charge in [-0.1, -0.05) is 30.3 Å². The Bertz CT molecular complexity index is 658. The summed E-state index contributed by atoms with van der Waals surface area (Å²) < 4.78 is 0. The average molecular weight is 339 g/mol. The highest BCUT2D eigenvalue weighted by Gasteiger charge is 2.04. The molecule has 0 saturated heterocycles. The van der Waals surface area contributed by atoms with Gasteiger partial charge in [0.2, 0.25) is 0 Å². The minimum Gasteiger partial charge on any atom is -0.356 e. The zero-order chi connectivity index (χ0) is 17.7. The number of aliphatic imine (C=N–C) groups is 1. The predicted molar refractivity (Wildman–Crippen MR) is 101 cm³/mol. The number of carbonyl (C=O) groups is 1. The molecule has 6 heteroatoms. The van der Waals surface area contributed by atoms with Crippen molar-refractivity contribution >= 4 is 11.9 Å². The van der Waals surface area contributed by atoms with E-state index in [1.165, 1.54) is 5.56 Å². The smallest absolute Gasteiger partial charge is 0.252 e. The lowest BCUT2D eigenvalue weighted by atomic mass is 10.1. The number of hydrogen-bond acceptors (Lipinski definition) is 3. The zero-order valence-corrected chi connectivity index (χ0v) is 14.5. The van der Waals surface area contributed by atoms with Crippen LogP contribution in [0.25, 0.3) is 0 Å². The van der Waals surface area contributed by atoms with Crippen LogP contribution >= 0.6 is 0 Å². The topological polar surface area (TPSA) is 78.4 Å². The van der Waals surface area contributed by atoms with Gasteiger partial charge in [-0.2, -0.15) is 0 Å². The molecule has 25 heavy (non-hydrogen) atoms. The molecule has 1 aromatic carbocycles. The molecule has 1 aromatic heterocycles. The summed E-state index contributed by atoms with van der Waals surface area (Å²) in [6.07, 6.45) is 5.26. The van der Waals surface area contributed by atoms with Gasteiger partial charge in [-0.25, -0.2) is 0 Å². The number of rotatable bonds is 8. The van der Waals surface area contributed by atoms with Crippen LogP contribution in [0.5, 0.6) is 0 Å². The molecule has 0 saturated carbocycles. The van der Waals surface area contributed by atoms with Crippen LogP contribution in [-0.4, -0.2) is 43.5 Å². The van der Waals surface area contributed by atoms with E-state index < -0.39 is 0 Å². The molecule has 2 rings (SSSR count). The average Bonchev–Trinajstić information content (AvgIpc) is 2.68. The van der Waals surface area contributed by atoms with Gasteiger partial charge in [-0.15, -0.1) is 0 Å². The van der Waals surface area contributed by atoms with Crippen molar-refractivity contribution in [3.63, 3.8) is 0 Å². The Hall–Kier alpha value is -2.89. The van der Waals surface area contributed by atoms with Crippen LogP contribution in [0.3, 0.4) is 0 Å². The van der Waals surface area contributed by atoms with Gasteiger partial charge in [-0.3, -0.25) is 14.8 Å². The zero-order valence-electron chi connectivity index (χ0n) is 14.5. The maximum Gasteiger partial charge on any atom is 0.252 e. The van der Waals surface area contributed by atoms with Crippen molar-refractivity contribution in [2.75, 3.05) is 26.7 Å². The number of amides is 1. The summed E-state index contributed by atoms with van der Waals surface area (Å²) in [5.41, 5.74) is 1.90. The summed E-state index contributed by atoms with van der Waals surface area (Å²) in [5.74, 6) is 0.615. The van der Waals surface area contributed by atoms with E-state index in [1.54, 1.807) is 31.6 Å². The van der Waals surface area contributed by atoms with E-state index in [4.69, 9.17) is 0 Å². The number of benzene rings is 1. The van der Waals surface area contributed by atoms with Gasteiger partial charge in [-0.05, 0) is 30.5 Å². The quantitative estimate of drug-likeness (QED) is 0.388. The molecule has 0 spiro atoms. The maximum absolute atomic E-state index is 11.9. The molecule has 2 aromatic rings. The molecule has 132 valence electrons. The standard InChI is InChI=1S/C19H25N5O/c1-20-19(23-12-5-9-16-7-3-2-4-8-16)24-14-13-22-18(25)17-10-6-11-21-15-17/h2-4,6-8,10-11,15H,5,9,12-14H2,1H3,(H,22,25)(H2,20,23,24). The third-order valence-electron chi connectivity index (χ3n) is 3.63. The molecule has 0 fully saturated rings. The van der Waals surface area contributed by atoms with E-state index in [0.717, 1.165) is 25.3 Å². The first kappa shape index (κ1) is 18.4. The lowest BCUT2D eigenvalue weighted by Gasteiger charge is -2.12. The third kappa shape index (κ3) is 7.03. The molecule has 0 atom stereocenters. The first-order chi connectivity index (χ1) is 12.3. The molecule has 0 radical (unpaired) electrons. The highest BCUT2D eigenvalue weighted by atomic mass is 16.1. The Labute approximate surface area is 148 Å². The summed E-state index contributed by atoms with van der Waals surface area (Å²) >= 11 is 0. The molecule has 0 bridgehead atoms. The maximum atomic E-state index is 11.9. The molecule has 0 aliphatic heterocycles. The van der Waals surface area contributed by atoms with Gasteiger partial charge < -0.3 is 16.0 Å². The normalized spacial score (nSPS) is 11.0. The van der Waals surface area contributed by atoms with Crippen LogP contribution in [0.1, 0.15) is 22.3 Å². The SMILES string of the molecule is CN=C(NCCCc1ccccc1)NCCNC(=O)c1cccnc1. The van der Waals surface area contributed by atoms with Crippen LogP contribution in [0.15, 0.2) is 59.9 Å². The number of nitrogens with zero attached hydrogens (tertiary/aromatic N) is 2. The van der Waals surface area contributed by atoms with Crippen molar-refractivity contribution in [3.8, 4) is 0 Å². The van der Waals surface area contributed by atoms with Crippen LogP contribution in [0.4, 0.5) is 0 Å². The van der Waals surface area contributed by atoms with Gasteiger partial charge in [0.05, 0.1) is 5.56 Å². The third-order valence-corrected chi connectivity index (χ3v) is 3.63. The molecule has 1 heterocycles. The van der Waals surface area contributed by atoms with E-state index in [9.17, 15) is 4.79 Å². The van der Waals surface area contributed by atoms with E-state index in [0.29, 0.717) is 18.7 Å². The van der Waals surface area contributed by atoms with Gasteiger partial charge in [0.25, 0.3) is 5.91 Å². The molecule has 6 nitrogen and oxygen atoms in total. The second kappa shape index (κ2) is 10.8. The molecule has 1 amide bonds. The van der Waals surface area contributed by atoms with E-state index in [1.807, 2.05) is 6.07 Å². The second-order valence-electron chi connectivity index (χ2n) is 5.51. The van der Waals surface area contributed by atoms with E-state index >= 15 is 0 Å². The molecular formula is C19H25N5O. The van der Waals surface area contributed by atoms with Crippen molar-refractivity contribution in [2.45, 2.75) is 12.8 Å². The van der Waals surface area contributed by atoms with Crippen LogP contribution in [0, 0.1) is 0 Å². The highest BCUT2D eigenvalue weighted by molar-refractivity contribution is 5.93. The Morgan fingerprint density at radius 2 is 1.76 bits per heavy atom. The van der Waals surface area contributed by atoms with Crippen LogP contribution in [-0.2, 0) is 6.42 Å². The Balaban J connectivity index is 1.58. The van der Waals surface area contributed by atoms with Crippen molar-refractivity contribution in [1.29, 1.82) is 0 Å². The monoisotopic (exact) mass is 339 g/mol. The molecule has 3 N–H and O–H groups in total. The van der Waals surface area contributed by atoms with Crippen molar-refractivity contribution < 1.29 is 4.79 Å². The van der Waals surface area contributed by atoms with Gasteiger partial charge in [0.15, 0.2) is 5.96 Å².